The van der Waals surface area contributed by atoms with Crippen molar-refractivity contribution in [1.29, 1.82) is 0 Å². The summed E-state index contributed by atoms with van der Waals surface area (Å²) in [5, 5.41) is 2.06. The zero-order chi connectivity index (χ0) is 11.1. The lowest BCUT2D eigenvalue weighted by Crippen LogP contribution is -2.13. The molecule has 0 aliphatic heterocycles. The maximum atomic E-state index is 11.4. The van der Waals surface area contributed by atoms with Crippen LogP contribution in [-0.2, 0) is 6.54 Å². The first-order chi connectivity index (χ1) is 7.25. The van der Waals surface area contributed by atoms with Gasteiger partial charge < -0.3 is 0 Å². The Kier molecular flexibility index (Phi) is 6.03. The number of halogens is 1. The molecule has 0 atom stereocenters. The van der Waals surface area contributed by atoms with E-state index in [9.17, 15) is 4.79 Å². The molecular formula is C11H18ClNOS. The molecule has 0 amide bonds. The molecule has 0 spiro atoms. The minimum Gasteiger partial charge on any atom is -0.267 e. The van der Waals surface area contributed by atoms with Crippen molar-refractivity contribution in [3.8, 4) is 0 Å². The minimum atomic E-state index is -0.0322. The van der Waals surface area contributed by atoms with Gasteiger partial charge in [-0.15, -0.1) is 0 Å². The third-order valence-electron chi connectivity index (χ3n) is 2.43. The quantitative estimate of drug-likeness (QED) is 0.670. The van der Waals surface area contributed by atoms with E-state index in [0.717, 1.165) is 13.0 Å². The molecule has 1 aromatic heterocycles. The fourth-order valence-electron chi connectivity index (χ4n) is 1.52. The van der Waals surface area contributed by atoms with Gasteiger partial charge in [0.2, 0.25) is 0 Å². The summed E-state index contributed by atoms with van der Waals surface area (Å²) in [6.07, 6.45) is 7.49. The molecule has 86 valence electrons. The summed E-state index contributed by atoms with van der Waals surface area (Å²) in [7, 11) is 0. The number of aromatic nitrogens is 1. The molecule has 0 fully saturated rings. The van der Waals surface area contributed by atoms with Crippen LogP contribution < -0.4 is 5.56 Å². The Balaban J connectivity index is 2.15. The minimum absolute atomic E-state index is 0.0322. The molecule has 0 saturated heterocycles. The second kappa shape index (κ2) is 7.07. The highest BCUT2D eigenvalue weighted by molar-refractivity contribution is 7.04. The van der Waals surface area contributed by atoms with Crippen LogP contribution >= 0.6 is 23.1 Å². The van der Waals surface area contributed by atoms with Gasteiger partial charge in [0, 0.05) is 11.9 Å². The first-order valence-corrected chi connectivity index (χ1v) is 6.81. The number of rotatable bonds is 7. The second-order valence-electron chi connectivity index (χ2n) is 3.75. The average Bonchev–Trinajstić information content (AvgIpc) is 2.54. The first-order valence-electron chi connectivity index (χ1n) is 5.60. The molecule has 1 heterocycles. The maximum absolute atomic E-state index is 11.4. The van der Waals surface area contributed by atoms with Gasteiger partial charge in [0.05, 0.1) is 0 Å². The van der Waals surface area contributed by atoms with Gasteiger partial charge in [-0.25, -0.2) is 0 Å². The van der Waals surface area contributed by atoms with Gasteiger partial charge in [0.1, 0.15) is 5.02 Å². The molecular weight excluding hydrogens is 230 g/mol. The first kappa shape index (κ1) is 12.8. The molecule has 1 aromatic rings. The smallest absolute Gasteiger partial charge is 0.267 e. The second-order valence-corrected chi connectivity index (χ2v) is 5.04. The molecule has 0 bridgehead atoms. The zero-order valence-corrected chi connectivity index (χ0v) is 10.7. The predicted molar refractivity (Wildman–Crippen MR) is 67.0 cm³/mol. The lowest BCUT2D eigenvalue weighted by molar-refractivity contribution is 0.569. The number of aryl methyl sites for hydroxylation is 1. The van der Waals surface area contributed by atoms with Gasteiger partial charge in [-0.2, -0.15) is 0 Å². The van der Waals surface area contributed by atoms with Crippen molar-refractivity contribution in [3.05, 3.63) is 20.8 Å². The normalized spacial score (nSPS) is 10.8. The van der Waals surface area contributed by atoms with Gasteiger partial charge >= 0.3 is 0 Å². The lowest BCUT2D eigenvalue weighted by atomic mass is 10.1. The van der Waals surface area contributed by atoms with Gasteiger partial charge in [-0.3, -0.25) is 8.75 Å². The van der Waals surface area contributed by atoms with E-state index >= 15 is 0 Å². The van der Waals surface area contributed by atoms with Crippen LogP contribution in [0, 0.1) is 0 Å². The Bertz CT molecular complexity index is 332. The number of unbranched alkanes of at least 4 members (excludes halogenated alkanes) is 5. The van der Waals surface area contributed by atoms with Crippen LogP contribution in [0.3, 0.4) is 0 Å². The average molecular weight is 248 g/mol. The Hall–Kier alpha value is -0.280. The SMILES string of the molecule is CCCCCCCCn1scc(Cl)c1=O. The van der Waals surface area contributed by atoms with Crippen LogP contribution in [0.25, 0.3) is 0 Å². The Morgan fingerprint density at radius 3 is 2.53 bits per heavy atom. The van der Waals surface area contributed by atoms with E-state index in [1.807, 2.05) is 0 Å². The van der Waals surface area contributed by atoms with E-state index in [1.165, 1.54) is 43.6 Å². The highest BCUT2D eigenvalue weighted by Gasteiger charge is 2.02. The number of hydrogen-bond acceptors (Lipinski definition) is 2. The maximum Gasteiger partial charge on any atom is 0.279 e. The fraction of sp³-hybridized carbons (Fsp3) is 0.727. The summed E-state index contributed by atoms with van der Waals surface area (Å²) < 4.78 is 1.74. The van der Waals surface area contributed by atoms with Crippen LogP contribution in [0.5, 0.6) is 0 Å². The summed E-state index contributed by atoms with van der Waals surface area (Å²) >= 11 is 7.10. The molecule has 0 radical (unpaired) electrons. The Morgan fingerprint density at radius 1 is 1.27 bits per heavy atom. The van der Waals surface area contributed by atoms with Crippen molar-refractivity contribution in [2.75, 3.05) is 0 Å². The molecule has 15 heavy (non-hydrogen) atoms. The van der Waals surface area contributed by atoms with Crippen LogP contribution in [0.15, 0.2) is 10.2 Å². The van der Waals surface area contributed by atoms with E-state index in [0.29, 0.717) is 5.02 Å². The molecule has 0 unspecified atom stereocenters. The lowest BCUT2D eigenvalue weighted by Gasteiger charge is -2.00. The van der Waals surface area contributed by atoms with E-state index in [1.54, 1.807) is 9.34 Å². The molecule has 0 aliphatic carbocycles. The van der Waals surface area contributed by atoms with Crippen LogP contribution in [-0.4, -0.2) is 3.96 Å². The van der Waals surface area contributed by atoms with Crippen molar-refractivity contribution in [2.45, 2.75) is 52.0 Å². The molecule has 1 rings (SSSR count). The molecule has 4 heteroatoms. The summed E-state index contributed by atoms with van der Waals surface area (Å²) in [5.74, 6) is 0. The standard InChI is InChI=1S/C11H18ClNOS/c1-2-3-4-5-6-7-8-13-11(14)10(12)9-15-13/h9H,2-8H2,1H3. The third-order valence-corrected chi connectivity index (χ3v) is 3.77. The molecule has 0 saturated carbocycles. The van der Waals surface area contributed by atoms with Crippen molar-refractivity contribution in [2.24, 2.45) is 0 Å². The number of hydrogen-bond donors (Lipinski definition) is 0. The van der Waals surface area contributed by atoms with E-state index < -0.39 is 0 Å². The zero-order valence-electron chi connectivity index (χ0n) is 9.17. The van der Waals surface area contributed by atoms with Gasteiger partial charge in [0.15, 0.2) is 0 Å². The summed E-state index contributed by atoms with van der Waals surface area (Å²) in [6, 6.07) is 0. The molecule has 0 aromatic carbocycles. The molecule has 0 N–H and O–H groups in total. The van der Waals surface area contributed by atoms with E-state index in [-0.39, 0.29) is 5.56 Å². The Labute approximate surface area is 100 Å². The number of nitrogens with zero attached hydrogens (tertiary/aromatic N) is 1. The summed E-state index contributed by atoms with van der Waals surface area (Å²) in [4.78, 5) is 11.4. The monoisotopic (exact) mass is 247 g/mol. The Morgan fingerprint density at radius 2 is 1.93 bits per heavy atom. The van der Waals surface area contributed by atoms with E-state index in [2.05, 4.69) is 6.92 Å². The summed E-state index contributed by atoms with van der Waals surface area (Å²) in [6.45, 7) is 3.04. The van der Waals surface area contributed by atoms with Gasteiger partial charge in [0.25, 0.3) is 5.56 Å². The van der Waals surface area contributed by atoms with Crippen molar-refractivity contribution in [1.82, 2.24) is 3.96 Å². The topological polar surface area (TPSA) is 22.0 Å². The third kappa shape index (κ3) is 4.39. The van der Waals surface area contributed by atoms with Crippen molar-refractivity contribution in [3.63, 3.8) is 0 Å². The molecule has 2 nitrogen and oxygen atoms in total. The van der Waals surface area contributed by atoms with Crippen LogP contribution in [0.4, 0.5) is 0 Å². The highest BCUT2D eigenvalue weighted by Crippen LogP contribution is 2.09. The van der Waals surface area contributed by atoms with Crippen LogP contribution in [0.2, 0.25) is 5.02 Å². The summed E-state index contributed by atoms with van der Waals surface area (Å²) in [5.41, 5.74) is -0.0322. The van der Waals surface area contributed by atoms with E-state index in [4.69, 9.17) is 11.6 Å². The van der Waals surface area contributed by atoms with Gasteiger partial charge in [-0.05, 0) is 6.42 Å². The predicted octanol–water partition coefficient (Wildman–Crippen LogP) is 3.92. The highest BCUT2D eigenvalue weighted by atomic mass is 35.5. The fourth-order valence-corrected chi connectivity index (χ4v) is 2.54. The van der Waals surface area contributed by atoms with Crippen LogP contribution in [0.1, 0.15) is 45.4 Å². The van der Waals surface area contributed by atoms with Gasteiger partial charge in [-0.1, -0.05) is 62.2 Å². The van der Waals surface area contributed by atoms with Crippen molar-refractivity contribution < 1.29 is 0 Å². The van der Waals surface area contributed by atoms with Crippen molar-refractivity contribution >= 4 is 23.1 Å². The molecule has 0 aliphatic rings. The largest absolute Gasteiger partial charge is 0.279 e.